The zero-order chi connectivity index (χ0) is 47.2. The molecule has 0 amide bonds. The van der Waals surface area contributed by atoms with Crippen molar-refractivity contribution in [3.63, 3.8) is 0 Å². The summed E-state index contributed by atoms with van der Waals surface area (Å²) in [6.45, 7) is 6.43. The molecule has 65 heavy (non-hydrogen) atoms. The molecule has 0 rings (SSSR count). The standard InChI is InChI=1S/C59H98O6/c1-4-7-10-13-16-18-20-22-23-24-25-26-27-28-29-30-31-32-33-34-35-36-37-38-40-41-43-46-49-52-58(61)64-55-56(54-63-57(60)51-48-45-15-12-9-6-3)65-59(62)53-50-47-44-42-39-21-19-17-14-11-8-5-2/h7,10,16,18,22-23,25-26,28-29,31-32,34-35,37-38,56H,4-6,8-9,11-15,17,19-21,24,27,30,33,36,39-55H2,1-3H3/b10-7-,18-16-,23-22-,26-25-,29-28-,32-31-,35-34-,38-37-. The molecule has 0 aromatic rings. The molecule has 0 heterocycles. The SMILES string of the molecule is CC/C=C\C/C=C\C/C=C\C/C=C\C/C=C\C/C=C\C/C=C\C/C=C\CCCCCCC(=O)OCC(COC(=O)CCCCCCCC)OC(=O)CCCCCCCCCCCCCC. The van der Waals surface area contributed by atoms with E-state index < -0.39 is 6.10 Å². The van der Waals surface area contributed by atoms with Gasteiger partial charge in [0.05, 0.1) is 0 Å². The maximum atomic E-state index is 12.7. The number of hydrogen-bond donors (Lipinski definition) is 0. The topological polar surface area (TPSA) is 78.9 Å². The third-order valence-corrected chi connectivity index (χ3v) is 11.1. The molecule has 0 N–H and O–H groups in total. The van der Waals surface area contributed by atoms with Crippen molar-refractivity contribution in [2.24, 2.45) is 0 Å². The number of hydrogen-bond acceptors (Lipinski definition) is 6. The van der Waals surface area contributed by atoms with Gasteiger partial charge in [0.2, 0.25) is 0 Å². The van der Waals surface area contributed by atoms with Gasteiger partial charge < -0.3 is 14.2 Å². The lowest BCUT2D eigenvalue weighted by atomic mass is 10.0. The van der Waals surface area contributed by atoms with E-state index in [-0.39, 0.29) is 31.1 Å². The normalized spacial score (nSPS) is 12.8. The largest absolute Gasteiger partial charge is 0.462 e. The second kappa shape index (κ2) is 52.9. The van der Waals surface area contributed by atoms with E-state index in [1.807, 2.05) is 0 Å². The van der Waals surface area contributed by atoms with Crippen LogP contribution in [0.2, 0.25) is 0 Å². The predicted octanol–water partition coefficient (Wildman–Crippen LogP) is 17.8. The van der Waals surface area contributed by atoms with E-state index in [1.165, 1.54) is 77.0 Å². The predicted molar refractivity (Wildman–Crippen MR) is 279 cm³/mol. The van der Waals surface area contributed by atoms with Gasteiger partial charge in [-0.05, 0) is 83.5 Å². The molecule has 1 atom stereocenters. The van der Waals surface area contributed by atoms with Crippen molar-refractivity contribution in [1.82, 2.24) is 0 Å². The first-order chi connectivity index (χ1) is 32.0. The fourth-order valence-corrected chi connectivity index (χ4v) is 7.10. The van der Waals surface area contributed by atoms with Crippen molar-refractivity contribution in [1.29, 1.82) is 0 Å². The quantitative estimate of drug-likeness (QED) is 0.0262. The number of carbonyl (C=O) groups is 3. The van der Waals surface area contributed by atoms with E-state index >= 15 is 0 Å². The minimum Gasteiger partial charge on any atom is -0.462 e. The Bertz CT molecular complexity index is 1310. The molecule has 0 aliphatic rings. The Balaban J connectivity index is 4.19. The van der Waals surface area contributed by atoms with Gasteiger partial charge >= 0.3 is 17.9 Å². The van der Waals surface area contributed by atoms with Crippen molar-refractivity contribution in [3.8, 4) is 0 Å². The van der Waals surface area contributed by atoms with Crippen LogP contribution in [0.1, 0.15) is 239 Å². The number of allylic oxidation sites excluding steroid dienone is 16. The van der Waals surface area contributed by atoms with Crippen LogP contribution in [-0.2, 0) is 28.6 Å². The third-order valence-electron chi connectivity index (χ3n) is 11.1. The third kappa shape index (κ3) is 51.2. The summed E-state index contributed by atoms with van der Waals surface area (Å²) in [4.78, 5) is 37.7. The summed E-state index contributed by atoms with van der Waals surface area (Å²) < 4.78 is 16.7. The Morgan fingerprint density at radius 1 is 0.323 bits per heavy atom. The molecule has 0 aromatic heterocycles. The molecule has 0 aliphatic carbocycles. The molecule has 0 saturated heterocycles. The molecule has 370 valence electrons. The number of esters is 3. The lowest BCUT2D eigenvalue weighted by molar-refractivity contribution is -0.167. The molecule has 0 spiro atoms. The van der Waals surface area contributed by atoms with Crippen LogP contribution >= 0.6 is 0 Å². The van der Waals surface area contributed by atoms with E-state index in [0.29, 0.717) is 19.3 Å². The highest BCUT2D eigenvalue weighted by atomic mass is 16.6. The van der Waals surface area contributed by atoms with E-state index in [1.54, 1.807) is 0 Å². The fraction of sp³-hybridized carbons (Fsp3) is 0.678. The van der Waals surface area contributed by atoms with Crippen molar-refractivity contribution < 1.29 is 28.6 Å². The van der Waals surface area contributed by atoms with Gasteiger partial charge in [-0.1, -0.05) is 234 Å². The van der Waals surface area contributed by atoms with Crippen LogP contribution in [0.25, 0.3) is 0 Å². The van der Waals surface area contributed by atoms with Crippen LogP contribution < -0.4 is 0 Å². The van der Waals surface area contributed by atoms with Crippen LogP contribution in [0.3, 0.4) is 0 Å². The molecule has 0 radical (unpaired) electrons. The maximum absolute atomic E-state index is 12.7. The fourth-order valence-electron chi connectivity index (χ4n) is 7.10. The van der Waals surface area contributed by atoms with Crippen LogP contribution in [-0.4, -0.2) is 37.2 Å². The van der Waals surface area contributed by atoms with Crippen LogP contribution in [0.15, 0.2) is 97.2 Å². The van der Waals surface area contributed by atoms with Crippen molar-refractivity contribution >= 4 is 17.9 Å². The van der Waals surface area contributed by atoms with Gasteiger partial charge in [-0.15, -0.1) is 0 Å². The minimum atomic E-state index is -0.782. The molecule has 0 aliphatic heterocycles. The van der Waals surface area contributed by atoms with Gasteiger partial charge in [0, 0.05) is 19.3 Å². The minimum absolute atomic E-state index is 0.0844. The number of ether oxygens (including phenoxy) is 3. The lowest BCUT2D eigenvalue weighted by Gasteiger charge is -2.18. The summed E-state index contributed by atoms with van der Waals surface area (Å²) in [5.74, 6) is -0.922. The second-order valence-corrected chi connectivity index (χ2v) is 17.4. The number of unbranched alkanes of at least 4 members (excludes halogenated alkanes) is 20. The Labute approximate surface area is 400 Å². The van der Waals surface area contributed by atoms with Gasteiger partial charge in [-0.25, -0.2) is 0 Å². The highest BCUT2D eigenvalue weighted by Crippen LogP contribution is 2.14. The van der Waals surface area contributed by atoms with Gasteiger partial charge in [0.15, 0.2) is 6.10 Å². The van der Waals surface area contributed by atoms with Gasteiger partial charge in [-0.3, -0.25) is 14.4 Å². The molecular weight excluding hydrogens is 805 g/mol. The molecular formula is C59H98O6. The Hall–Kier alpha value is -3.67. The van der Waals surface area contributed by atoms with Crippen LogP contribution in [0.5, 0.6) is 0 Å². The first kappa shape index (κ1) is 61.3. The van der Waals surface area contributed by atoms with Gasteiger partial charge in [0.25, 0.3) is 0 Å². The zero-order valence-electron chi connectivity index (χ0n) is 42.2. The van der Waals surface area contributed by atoms with Crippen molar-refractivity contribution in [2.45, 2.75) is 245 Å². The summed E-state index contributed by atoms with van der Waals surface area (Å²) in [6, 6.07) is 0. The monoisotopic (exact) mass is 903 g/mol. The first-order valence-corrected chi connectivity index (χ1v) is 26.7. The van der Waals surface area contributed by atoms with E-state index in [9.17, 15) is 14.4 Å². The van der Waals surface area contributed by atoms with E-state index in [2.05, 4.69) is 118 Å². The summed E-state index contributed by atoms with van der Waals surface area (Å²) in [6.07, 6.45) is 70.0. The number of carbonyl (C=O) groups excluding carboxylic acids is 3. The second-order valence-electron chi connectivity index (χ2n) is 17.4. The molecule has 1 unspecified atom stereocenters. The Morgan fingerprint density at radius 3 is 0.938 bits per heavy atom. The van der Waals surface area contributed by atoms with Crippen molar-refractivity contribution in [2.75, 3.05) is 13.2 Å². The van der Waals surface area contributed by atoms with Gasteiger partial charge in [0.1, 0.15) is 13.2 Å². The highest BCUT2D eigenvalue weighted by Gasteiger charge is 2.19. The van der Waals surface area contributed by atoms with Crippen LogP contribution in [0, 0.1) is 0 Å². The van der Waals surface area contributed by atoms with E-state index in [0.717, 1.165) is 122 Å². The Morgan fingerprint density at radius 2 is 0.600 bits per heavy atom. The molecule has 0 aromatic carbocycles. The molecule has 0 fully saturated rings. The highest BCUT2D eigenvalue weighted by molar-refractivity contribution is 5.71. The zero-order valence-corrected chi connectivity index (χ0v) is 42.2. The first-order valence-electron chi connectivity index (χ1n) is 26.7. The van der Waals surface area contributed by atoms with Crippen molar-refractivity contribution in [3.05, 3.63) is 97.2 Å². The number of rotatable bonds is 47. The summed E-state index contributed by atoms with van der Waals surface area (Å²) in [5, 5.41) is 0. The molecule has 6 heteroatoms. The lowest BCUT2D eigenvalue weighted by Crippen LogP contribution is -2.30. The van der Waals surface area contributed by atoms with Crippen LogP contribution in [0.4, 0.5) is 0 Å². The van der Waals surface area contributed by atoms with E-state index in [4.69, 9.17) is 14.2 Å². The molecule has 0 bridgehead atoms. The average Bonchev–Trinajstić information content (AvgIpc) is 3.30. The Kier molecular flexibility index (Phi) is 50.0. The van der Waals surface area contributed by atoms with Gasteiger partial charge in [-0.2, -0.15) is 0 Å². The summed E-state index contributed by atoms with van der Waals surface area (Å²) >= 11 is 0. The average molecular weight is 903 g/mol. The smallest absolute Gasteiger partial charge is 0.306 e. The summed E-state index contributed by atoms with van der Waals surface area (Å²) in [7, 11) is 0. The maximum Gasteiger partial charge on any atom is 0.306 e. The summed E-state index contributed by atoms with van der Waals surface area (Å²) in [5.41, 5.74) is 0. The molecule has 6 nitrogen and oxygen atoms in total. The molecule has 0 saturated carbocycles.